The van der Waals surface area contributed by atoms with Crippen LogP contribution in [0.2, 0.25) is 0 Å². The van der Waals surface area contributed by atoms with Crippen LogP contribution in [-0.2, 0) is 6.42 Å². The molecule has 22 heavy (non-hydrogen) atoms. The first kappa shape index (κ1) is 14.8. The van der Waals surface area contributed by atoms with Gasteiger partial charge in [0.05, 0.1) is 6.61 Å². The molecule has 5 heteroatoms. The summed E-state index contributed by atoms with van der Waals surface area (Å²) in [6, 6.07) is 20.3. The highest BCUT2D eigenvalue weighted by Crippen LogP contribution is 2.23. The largest absolute Gasteiger partial charge is 0.396 e. The first-order valence-electron chi connectivity index (χ1n) is 7.16. The lowest BCUT2D eigenvalue weighted by Crippen LogP contribution is -2.04. The highest BCUT2D eigenvalue weighted by molar-refractivity contribution is 7.99. The molecular weight excluding hydrogens is 294 g/mol. The summed E-state index contributed by atoms with van der Waals surface area (Å²) < 4.78 is 2.06. The maximum Gasteiger partial charge on any atom is 0.195 e. The number of nitrogens with zero attached hydrogens (tertiary/aromatic N) is 3. The number of benzene rings is 2. The van der Waals surface area contributed by atoms with Crippen molar-refractivity contribution in [3.63, 3.8) is 0 Å². The third kappa shape index (κ3) is 3.37. The van der Waals surface area contributed by atoms with Crippen molar-refractivity contribution in [2.75, 3.05) is 12.4 Å². The van der Waals surface area contributed by atoms with Crippen LogP contribution in [-0.4, -0.2) is 32.2 Å². The molecular formula is C17H17N3OS. The molecule has 1 heterocycles. The molecule has 2 aromatic carbocycles. The molecule has 0 amide bonds. The van der Waals surface area contributed by atoms with E-state index in [0.29, 0.717) is 5.75 Å². The maximum absolute atomic E-state index is 9.05. The van der Waals surface area contributed by atoms with Crippen molar-refractivity contribution in [3.8, 4) is 5.69 Å². The number of para-hydroxylation sites is 1. The summed E-state index contributed by atoms with van der Waals surface area (Å²) in [6.45, 7) is 0.125. The normalized spacial score (nSPS) is 10.8. The van der Waals surface area contributed by atoms with E-state index >= 15 is 0 Å². The van der Waals surface area contributed by atoms with Crippen LogP contribution < -0.4 is 0 Å². The molecule has 0 aliphatic carbocycles. The zero-order valence-corrected chi connectivity index (χ0v) is 12.9. The molecule has 4 nitrogen and oxygen atoms in total. The number of hydrogen-bond donors (Lipinski definition) is 1. The molecule has 0 spiro atoms. The van der Waals surface area contributed by atoms with Gasteiger partial charge < -0.3 is 5.11 Å². The number of aromatic nitrogens is 3. The van der Waals surface area contributed by atoms with E-state index in [0.717, 1.165) is 23.1 Å². The third-order valence-electron chi connectivity index (χ3n) is 3.24. The predicted molar refractivity (Wildman–Crippen MR) is 88.4 cm³/mol. The summed E-state index contributed by atoms with van der Waals surface area (Å²) in [5.74, 6) is 1.51. The lowest BCUT2D eigenvalue weighted by atomic mass is 10.1. The summed E-state index contributed by atoms with van der Waals surface area (Å²) in [5, 5.41) is 18.5. The molecule has 0 saturated carbocycles. The summed E-state index contributed by atoms with van der Waals surface area (Å²) in [7, 11) is 0. The van der Waals surface area contributed by atoms with Gasteiger partial charge in [-0.05, 0) is 17.7 Å². The Morgan fingerprint density at radius 1 is 0.909 bits per heavy atom. The quantitative estimate of drug-likeness (QED) is 0.711. The Morgan fingerprint density at radius 2 is 1.59 bits per heavy atom. The molecule has 0 atom stereocenters. The SMILES string of the molecule is OCCSc1nnc(Cc2ccccc2)n1-c1ccccc1. The Hall–Kier alpha value is -2.11. The number of aliphatic hydroxyl groups is 1. The van der Waals surface area contributed by atoms with E-state index in [4.69, 9.17) is 5.11 Å². The van der Waals surface area contributed by atoms with E-state index in [1.165, 1.54) is 17.3 Å². The van der Waals surface area contributed by atoms with Crippen LogP contribution in [0.4, 0.5) is 0 Å². The fourth-order valence-corrected chi connectivity index (χ4v) is 2.97. The standard InChI is InChI=1S/C17H17N3OS/c21-11-12-22-17-19-18-16(13-14-7-3-1-4-8-14)20(17)15-9-5-2-6-10-15/h1-10,21H,11-13H2. The van der Waals surface area contributed by atoms with E-state index in [2.05, 4.69) is 26.9 Å². The second kappa shape index (κ2) is 7.24. The Labute approximate surface area is 133 Å². The average molecular weight is 311 g/mol. The van der Waals surface area contributed by atoms with E-state index < -0.39 is 0 Å². The van der Waals surface area contributed by atoms with Crippen molar-refractivity contribution in [3.05, 3.63) is 72.1 Å². The molecule has 0 unspecified atom stereocenters. The van der Waals surface area contributed by atoms with Crippen molar-refractivity contribution >= 4 is 11.8 Å². The van der Waals surface area contributed by atoms with Crippen LogP contribution in [0, 0.1) is 0 Å². The van der Waals surface area contributed by atoms with Gasteiger partial charge >= 0.3 is 0 Å². The zero-order chi connectivity index (χ0) is 15.2. The minimum absolute atomic E-state index is 0.125. The zero-order valence-electron chi connectivity index (χ0n) is 12.1. The molecule has 112 valence electrons. The topological polar surface area (TPSA) is 50.9 Å². The van der Waals surface area contributed by atoms with Gasteiger partial charge in [-0.25, -0.2) is 0 Å². The summed E-state index contributed by atoms with van der Waals surface area (Å²) >= 11 is 1.51. The van der Waals surface area contributed by atoms with Gasteiger partial charge in [-0.2, -0.15) is 0 Å². The smallest absolute Gasteiger partial charge is 0.195 e. The Balaban J connectivity index is 1.97. The van der Waals surface area contributed by atoms with Gasteiger partial charge in [0.15, 0.2) is 5.16 Å². The Morgan fingerprint density at radius 3 is 2.27 bits per heavy atom. The van der Waals surface area contributed by atoms with E-state index in [1.807, 2.05) is 48.5 Å². The first-order valence-corrected chi connectivity index (χ1v) is 8.14. The van der Waals surface area contributed by atoms with Gasteiger partial charge in [-0.3, -0.25) is 4.57 Å². The molecule has 0 aliphatic heterocycles. The van der Waals surface area contributed by atoms with Crippen LogP contribution in [0.1, 0.15) is 11.4 Å². The van der Waals surface area contributed by atoms with Crippen LogP contribution in [0.15, 0.2) is 65.8 Å². The fraction of sp³-hybridized carbons (Fsp3) is 0.176. The molecule has 0 radical (unpaired) electrons. The lowest BCUT2D eigenvalue weighted by Gasteiger charge is -2.10. The molecule has 0 fully saturated rings. The molecule has 1 aromatic heterocycles. The Kier molecular flexibility index (Phi) is 4.88. The number of hydrogen-bond acceptors (Lipinski definition) is 4. The predicted octanol–water partition coefficient (Wildman–Crippen LogP) is 2.94. The summed E-state index contributed by atoms with van der Waals surface area (Å²) in [5.41, 5.74) is 2.24. The van der Waals surface area contributed by atoms with Crippen molar-refractivity contribution in [2.24, 2.45) is 0 Å². The van der Waals surface area contributed by atoms with Gasteiger partial charge in [0.2, 0.25) is 0 Å². The van der Waals surface area contributed by atoms with Gasteiger partial charge in [0, 0.05) is 17.9 Å². The van der Waals surface area contributed by atoms with Crippen molar-refractivity contribution in [2.45, 2.75) is 11.6 Å². The molecule has 0 saturated heterocycles. The highest BCUT2D eigenvalue weighted by atomic mass is 32.2. The second-order valence-electron chi connectivity index (χ2n) is 4.80. The van der Waals surface area contributed by atoms with E-state index in [1.54, 1.807) is 0 Å². The van der Waals surface area contributed by atoms with Gasteiger partial charge in [-0.1, -0.05) is 60.3 Å². The van der Waals surface area contributed by atoms with Gasteiger partial charge in [0.25, 0.3) is 0 Å². The number of rotatable bonds is 6. The van der Waals surface area contributed by atoms with E-state index in [-0.39, 0.29) is 6.61 Å². The number of aliphatic hydroxyl groups excluding tert-OH is 1. The van der Waals surface area contributed by atoms with Crippen LogP contribution in [0.3, 0.4) is 0 Å². The third-order valence-corrected chi connectivity index (χ3v) is 4.15. The fourth-order valence-electron chi connectivity index (χ4n) is 2.26. The molecule has 0 bridgehead atoms. The lowest BCUT2D eigenvalue weighted by molar-refractivity contribution is 0.322. The first-order chi connectivity index (χ1) is 10.9. The number of thioether (sulfide) groups is 1. The van der Waals surface area contributed by atoms with Crippen LogP contribution >= 0.6 is 11.8 Å². The molecule has 3 aromatic rings. The van der Waals surface area contributed by atoms with E-state index in [9.17, 15) is 0 Å². The molecule has 3 rings (SSSR count). The Bertz CT molecular complexity index is 713. The summed E-state index contributed by atoms with van der Waals surface area (Å²) in [4.78, 5) is 0. The van der Waals surface area contributed by atoms with Gasteiger partial charge in [0.1, 0.15) is 5.82 Å². The van der Waals surface area contributed by atoms with Gasteiger partial charge in [-0.15, -0.1) is 10.2 Å². The monoisotopic (exact) mass is 311 g/mol. The van der Waals surface area contributed by atoms with Crippen LogP contribution in [0.25, 0.3) is 5.69 Å². The second-order valence-corrected chi connectivity index (χ2v) is 5.87. The van der Waals surface area contributed by atoms with Crippen molar-refractivity contribution < 1.29 is 5.11 Å². The van der Waals surface area contributed by atoms with Crippen molar-refractivity contribution in [1.82, 2.24) is 14.8 Å². The minimum Gasteiger partial charge on any atom is -0.396 e. The minimum atomic E-state index is 0.125. The average Bonchev–Trinajstić information content (AvgIpc) is 2.97. The molecule has 1 N–H and O–H groups in total. The van der Waals surface area contributed by atoms with Crippen LogP contribution in [0.5, 0.6) is 0 Å². The van der Waals surface area contributed by atoms with Crippen molar-refractivity contribution in [1.29, 1.82) is 0 Å². The molecule has 0 aliphatic rings. The highest BCUT2D eigenvalue weighted by Gasteiger charge is 2.14. The maximum atomic E-state index is 9.05. The summed E-state index contributed by atoms with van der Waals surface area (Å²) in [6.07, 6.45) is 0.725.